The van der Waals surface area contributed by atoms with Crippen molar-refractivity contribution in [3.8, 4) is 0 Å². The second-order valence-corrected chi connectivity index (χ2v) is 2.19. The zero-order chi connectivity index (χ0) is 6.69. The second kappa shape index (κ2) is 2.98. The van der Waals surface area contributed by atoms with Crippen LogP contribution in [0.4, 0.5) is 0 Å². The Hall–Kier alpha value is -0.350. The average molecular weight is 165 g/mol. The molecule has 1 heterocycles. The van der Waals surface area contributed by atoms with Crippen LogP contribution in [-0.2, 0) is 6.42 Å². The van der Waals surface area contributed by atoms with Gasteiger partial charge in [-0.2, -0.15) is 0 Å². The van der Waals surface area contributed by atoms with E-state index < -0.39 is 0 Å². The number of nitrogens with one attached hydrogen (secondary N) is 1. The van der Waals surface area contributed by atoms with E-state index in [0.29, 0.717) is 23.0 Å². The number of aromatic nitrogens is 2. The van der Waals surface area contributed by atoms with Crippen LogP contribution in [0.3, 0.4) is 0 Å². The molecule has 0 spiro atoms. The third-order valence-electron chi connectivity index (χ3n) is 0.791. The molecule has 0 aromatic carbocycles. The first-order valence-corrected chi connectivity index (χ1v) is 3.37. The first kappa shape index (κ1) is 6.77. The molecule has 0 fully saturated rings. The molecule has 3 nitrogen and oxygen atoms in total. The summed E-state index contributed by atoms with van der Waals surface area (Å²) >= 11 is 10.0. The van der Waals surface area contributed by atoms with E-state index in [4.69, 9.17) is 16.0 Å². The number of hydrogen-bond acceptors (Lipinski definition) is 3. The summed E-state index contributed by atoms with van der Waals surface area (Å²) in [5, 5.41) is 6.22. The predicted molar refractivity (Wildman–Crippen MR) is 36.1 cm³/mol. The average Bonchev–Trinajstić information content (AvgIpc) is 2.17. The van der Waals surface area contributed by atoms with Crippen LogP contribution in [0.5, 0.6) is 0 Å². The Morgan fingerprint density at radius 2 is 2.56 bits per heavy atom. The first-order chi connectivity index (χ1) is 4.33. The third kappa shape index (κ3) is 1.80. The monoisotopic (exact) mass is 164 g/mol. The number of hydrogen-bond donors (Lipinski definition) is 1. The van der Waals surface area contributed by atoms with Gasteiger partial charge in [-0.15, -0.1) is 16.7 Å². The Balaban J connectivity index is 2.73. The molecular weight excluding hydrogens is 160 g/mol. The molecule has 50 valence electrons. The minimum Gasteiger partial charge on any atom is -0.414 e. The van der Waals surface area contributed by atoms with E-state index in [9.17, 15) is 0 Å². The van der Waals surface area contributed by atoms with Crippen molar-refractivity contribution in [2.24, 2.45) is 0 Å². The van der Waals surface area contributed by atoms with Crippen molar-refractivity contribution in [3.63, 3.8) is 0 Å². The van der Waals surface area contributed by atoms with Gasteiger partial charge in [0.2, 0.25) is 5.89 Å². The summed E-state index contributed by atoms with van der Waals surface area (Å²) in [6.07, 6.45) is 0.620. The Morgan fingerprint density at radius 1 is 1.78 bits per heavy atom. The summed E-state index contributed by atoms with van der Waals surface area (Å²) < 4.78 is 4.89. The first-order valence-electron chi connectivity index (χ1n) is 2.43. The van der Waals surface area contributed by atoms with Gasteiger partial charge in [0.1, 0.15) is 0 Å². The molecule has 5 heteroatoms. The van der Waals surface area contributed by atoms with Gasteiger partial charge in [0.25, 0.3) is 4.84 Å². The van der Waals surface area contributed by atoms with Crippen molar-refractivity contribution < 1.29 is 4.42 Å². The quantitative estimate of drug-likeness (QED) is 0.532. The minimum absolute atomic E-state index is 0.301. The lowest BCUT2D eigenvalue weighted by molar-refractivity contribution is 0.487. The third-order valence-corrected chi connectivity index (χ3v) is 1.15. The van der Waals surface area contributed by atoms with Crippen molar-refractivity contribution >= 4 is 23.8 Å². The van der Waals surface area contributed by atoms with Crippen molar-refractivity contribution in [1.82, 2.24) is 10.2 Å². The molecule has 1 aromatic rings. The normalized spacial score (nSPS) is 9.89. The van der Waals surface area contributed by atoms with Crippen LogP contribution in [0.2, 0.25) is 0 Å². The number of alkyl halides is 1. The molecule has 1 N–H and O–H groups in total. The highest BCUT2D eigenvalue weighted by molar-refractivity contribution is 7.71. The molecule has 9 heavy (non-hydrogen) atoms. The molecule has 0 aliphatic heterocycles. The van der Waals surface area contributed by atoms with E-state index in [1.807, 2.05) is 0 Å². The molecule has 0 aliphatic rings. The van der Waals surface area contributed by atoms with Crippen LogP contribution in [0.25, 0.3) is 0 Å². The maximum atomic E-state index is 5.40. The lowest BCUT2D eigenvalue weighted by Crippen LogP contribution is -1.84. The van der Waals surface area contributed by atoms with E-state index in [1.54, 1.807) is 0 Å². The lowest BCUT2D eigenvalue weighted by Gasteiger charge is -1.81. The molecule has 0 saturated heterocycles. The van der Waals surface area contributed by atoms with E-state index in [-0.39, 0.29) is 0 Å². The van der Waals surface area contributed by atoms with Crippen LogP contribution < -0.4 is 0 Å². The zero-order valence-electron chi connectivity index (χ0n) is 4.56. The van der Waals surface area contributed by atoms with Crippen molar-refractivity contribution in [2.45, 2.75) is 6.42 Å². The van der Waals surface area contributed by atoms with Gasteiger partial charge in [0, 0.05) is 12.3 Å². The van der Waals surface area contributed by atoms with E-state index in [2.05, 4.69) is 22.4 Å². The summed E-state index contributed by atoms with van der Waals surface area (Å²) in [6, 6.07) is 0. The minimum atomic E-state index is 0.301. The van der Waals surface area contributed by atoms with Crippen LogP contribution in [0.1, 0.15) is 5.89 Å². The number of halogens is 1. The zero-order valence-corrected chi connectivity index (χ0v) is 6.13. The SMILES string of the molecule is S=c1[nH]nc(CCCl)o1. The predicted octanol–water partition coefficient (Wildman–Crippen LogP) is 1.51. The largest absolute Gasteiger partial charge is 0.414 e. The fraction of sp³-hybridized carbons (Fsp3) is 0.500. The van der Waals surface area contributed by atoms with E-state index in [0.717, 1.165) is 0 Å². The molecular formula is C4H5ClN2OS. The standard InChI is InChI=1S/C4H5ClN2OS/c5-2-1-3-6-7-4(9)8-3/h1-2H2,(H,7,9). The summed E-state index contributed by atoms with van der Waals surface area (Å²) in [5.41, 5.74) is 0. The van der Waals surface area contributed by atoms with E-state index in [1.165, 1.54) is 0 Å². The maximum Gasteiger partial charge on any atom is 0.284 e. The van der Waals surface area contributed by atoms with Gasteiger partial charge in [-0.25, -0.2) is 5.10 Å². The Kier molecular flexibility index (Phi) is 2.24. The fourth-order valence-corrected chi connectivity index (χ4v) is 0.752. The maximum absolute atomic E-state index is 5.40. The highest BCUT2D eigenvalue weighted by Crippen LogP contribution is 1.95. The summed E-state index contributed by atoms with van der Waals surface area (Å²) in [4.78, 5) is 0.301. The van der Waals surface area contributed by atoms with Crippen molar-refractivity contribution in [1.29, 1.82) is 0 Å². The molecule has 0 aliphatic carbocycles. The molecule has 1 rings (SSSR count). The number of nitrogens with zero attached hydrogens (tertiary/aromatic N) is 1. The van der Waals surface area contributed by atoms with Gasteiger partial charge in [-0.1, -0.05) is 0 Å². The summed E-state index contributed by atoms with van der Waals surface area (Å²) in [5.74, 6) is 1.07. The molecule has 1 aromatic heterocycles. The van der Waals surface area contributed by atoms with Crippen LogP contribution in [0.15, 0.2) is 4.42 Å². The number of rotatable bonds is 2. The Morgan fingerprint density at radius 3 is 3.00 bits per heavy atom. The number of aromatic amines is 1. The molecule has 0 saturated carbocycles. The molecule has 0 unspecified atom stereocenters. The molecule has 0 radical (unpaired) electrons. The van der Waals surface area contributed by atoms with Gasteiger partial charge < -0.3 is 4.42 Å². The summed E-state index contributed by atoms with van der Waals surface area (Å²) in [7, 11) is 0. The molecule has 0 bridgehead atoms. The van der Waals surface area contributed by atoms with Crippen LogP contribution >= 0.6 is 23.8 Å². The highest BCUT2D eigenvalue weighted by Gasteiger charge is 1.95. The summed E-state index contributed by atoms with van der Waals surface area (Å²) in [6.45, 7) is 0. The number of aryl methyl sites for hydroxylation is 1. The smallest absolute Gasteiger partial charge is 0.284 e. The van der Waals surface area contributed by atoms with Crippen molar-refractivity contribution in [3.05, 3.63) is 10.7 Å². The lowest BCUT2D eigenvalue weighted by atomic mass is 10.5. The van der Waals surface area contributed by atoms with Crippen molar-refractivity contribution in [2.75, 3.05) is 5.88 Å². The molecule has 0 amide bonds. The topological polar surface area (TPSA) is 41.8 Å². The highest BCUT2D eigenvalue weighted by atomic mass is 35.5. The van der Waals surface area contributed by atoms with Crippen LogP contribution in [0, 0.1) is 4.84 Å². The van der Waals surface area contributed by atoms with Gasteiger partial charge in [-0.05, 0) is 12.2 Å². The Bertz CT molecular complexity index is 230. The number of H-pyrrole nitrogens is 1. The van der Waals surface area contributed by atoms with Gasteiger partial charge in [-0.3, -0.25) is 0 Å². The van der Waals surface area contributed by atoms with E-state index >= 15 is 0 Å². The molecule has 0 atom stereocenters. The van der Waals surface area contributed by atoms with Gasteiger partial charge in [0.05, 0.1) is 0 Å². The Labute approximate surface area is 62.0 Å². The van der Waals surface area contributed by atoms with Gasteiger partial charge in [0.15, 0.2) is 0 Å². The fourth-order valence-electron chi connectivity index (χ4n) is 0.448. The van der Waals surface area contributed by atoms with Crippen LogP contribution in [-0.4, -0.2) is 16.1 Å². The second-order valence-electron chi connectivity index (χ2n) is 1.45. The van der Waals surface area contributed by atoms with Gasteiger partial charge >= 0.3 is 0 Å².